The average molecular weight is 260 g/mol. The highest BCUT2D eigenvalue weighted by Crippen LogP contribution is 2.24. The SMILES string of the molecule is COc1ccc(CCN2CCC3NCCC3C2)cc1. The van der Waals surface area contributed by atoms with Gasteiger partial charge in [0.25, 0.3) is 0 Å². The molecule has 0 saturated carbocycles. The molecule has 3 nitrogen and oxygen atoms in total. The Labute approximate surface area is 115 Å². The number of hydrogen-bond donors (Lipinski definition) is 1. The van der Waals surface area contributed by atoms with Gasteiger partial charge in [-0.05, 0) is 56.0 Å². The lowest BCUT2D eigenvalue weighted by Gasteiger charge is -2.34. The maximum atomic E-state index is 5.19. The molecule has 1 N–H and O–H groups in total. The third-order valence-corrected chi connectivity index (χ3v) is 4.62. The van der Waals surface area contributed by atoms with Crippen molar-refractivity contribution in [1.29, 1.82) is 0 Å². The summed E-state index contributed by atoms with van der Waals surface area (Å²) < 4.78 is 5.19. The van der Waals surface area contributed by atoms with Crippen LogP contribution in [0.1, 0.15) is 18.4 Å². The van der Waals surface area contributed by atoms with Crippen molar-refractivity contribution < 1.29 is 4.74 Å². The van der Waals surface area contributed by atoms with Crippen molar-refractivity contribution in [3.8, 4) is 5.75 Å². The predicted molar refractivity (Wildman–Crippen MR) is 77.7 cm³/mol. The molecular formula is C16H24N2O. The van der Waals surface area contributed by atoms with Gasteiger partial charge in [0.15, 0.2) is 0 Å². The number of nitrogens with zero attached hydrogens (tertiary/aromatic N) is 1. The molecule has 104 valence electrons. The van der Waals surface area contributed by atoms with Gasteiger partial charge in [-0.3, -0.25) is 0 Å². The molecule has 1 aromatic rings. The van der Waals surface area contributed by atoms with E-state index in [0.717, 1.165) is 24.1 Å². The molecule has 2 atom stereocenters. The summed E-state index contributed by atoms with van der Waals surface area (Å²) in [4.78, 5) is 2.64. The van der Waals surface area contributed by atoms with Crippen molar-refractivity contribution in [3.63, 3.8) is 0 Å². The van der Waals surface area contributed by atoms with E-state index in [1.165, 1.54) is 44.6 Å². The number of rotatable bonds is 4. The number of nitrogens with one attached hydrogen (secondary N) is 1. The van der Waals surface area contributed by atoms with E-state index in [0.29, 0.717) is 0 Å². The number of hydrogen-bond acceptors (Lipinski definition) is 3. The first-order valence-corrected chi connectivity index (χ1v) is 7.44. The van der Waals surface area contributed by atoms with Crippen LogP contribution in [0.25, 0.3) is 0 Å². The van der Waals surface area contributed by atoms with Crippen LogP contribution in [-0.4, -0.2) is 44.2 Å². The van der Waals surface area contributed by atoms with E-state index < -0.39 is 0 Å². The molecule has 1 aromatic carbocycles. The maximum Gasteiger partial charge on any atom is 0.118 e. The van der Waals surface area contributed by atoms with Crippen LogP contribution in [0.5, 0.6) is 5.75 Å². The number of likely N-dealkylation sites (tertiary alicyclic amines) is 1. The Kier molecular flexibility index (Phi) is 4.04. The van der Waals surface area contributed by atoms with Gasteiger partial charge in [0.2, 0.25) is 0 Å². The minimum Gasteiger partial charge on any atom is -0.497 e. The smallest absolute Gasteiger partial charge is 0.118 e. The Balaban J connectivity index is 1.49. The molecule has 2 aliphatic rings. The largest absolute Gasteiger partial charge is 0.497 e. The van der Waals surface area contributed by atoms with Crippen molar-refractivity contribution in [1.82, 2.24) is 10.2 Å². The van der Waals surface area contributed by atoms with E-state index in [9.17, 15) is 0 Å². The summed E-state index contributed by atoms with van der Waals surface area (Å²) in [5.41, 5.74) is 1.41. The molecular weight excluding hydrogens is 236 g/mol. The first-order valence-electron chi connectivity index (χ1n) is 7.44. The van der Waals surface area contributed by atoms with Gasteiger partial charge in [-0.15, -0.1) is 0 Å². The van der Waals surface area contributed by atoms with E-state index in [4.69, 9.17) is 4.74 Å². The molecule has 19 heavy (non-hydrogen) atoms. The monoisotopic (exact) mass is 260 g/mol. The van der Waals surface area contributed by atoms with Crippen LogP contribution in [0.4, 0.5) is 0 Å². The third-order valence-electron chi connectivity index (χ3n) is 4.62. The van der Waals surface area contributed by atoms with Crippen LogP contribution >= 0.6 is 0 Å². The summed E-state index contributed by atoms with van der Waals surface area (Å²) in [6.45, 7) is 4.95. The molecule has 2 heterocycles. The normalized spacial score (nSPS) is 27.2. The lowest BCUT2D eigenvalue weighted by atomic mass is 9.93. The molecule has 3 rings (SSSR count). The van der Waals surface area contributed by atoms with Gasteiger partial charge in [0.05, 0.1) is 7.11 Å². The van der Waals surface area contributed by atoms with Crippen LogP contribution in [0, 0.1) is 5.92 Å². The van der Waals surface area contributed by atoms with E-state index >= 15 is 0 Å². The molecule has 0 aromatic heterocycles. The van der Waals surface area contributed by atoms with E-state index in [-0.39, 0.29) is 0 Å². The lowest BCUT2D eigenvalue weighted by Crippen LogP contribution is -2.44. The first-order chi connectivity index (χ1) is 9.35. The van der Waals surface area contributed by atoms with E-state index in [1.54, 1.807) is 7.11 Å². The number of piperidine rings is 1. The second-order valence-electron chi connectivity index (χ2n) is 5.80. The minimum atomic E-state index is 0.803. The highest BCUT2D eigenvalue weighted by molar-refractivity contribution is 5.27. The number of fused-ring (bicyclic) bond motifs is 1. The van der Waals surface area contributed by atoms with Gasteiger partial charge in [-0.2, -0.15) is 0 Å². The Bertz CT molecular complexity index is 404. The van der Waals surface area contributed by atoms with Crippen molar-refractivity contribution in [2.24, 2.45) is 5.92 Å². The predicted octanol–water partition coefficient (Wildman–Crippen LogP) is 1.92. The third kappa shape index (κ3) is 3.10. The standard InChI is InChI=1S/C16H24N2O/c1-19-15-4-2-13(3-5-15)7-10-18-11-8-16-14(12-18)6-9-17-16/h2-5,14,16-17H,6-12H2,1H3. The molecule has 0 spiro atoms. The van der Waals surface area contributed by atoms with Gasteiger partial charge < -0.3 is 15.0 Å². The molecule has 0 aliphatic carbocycles. The van der Waals surface area contributed by atoms with Crippen LogP contribution in [0.3, 0.4) is 0 Å². The fourth-order valence-electron chi connectivity index (χ4n) is 3.41. The number of ether oxygens (including phenoxy) is 1. The number of methoxy groups -OCH3 is 1. The quantitative estimate of drug-likeness (QED) is 0.895. The molecule has 2 fully saturated rings. The second kappa shape index (κ2) is 5.93. The molecule has 2 unspecified atom stereocenters. The summed E-state index contributed by atoms with van der Waals surface area (Å²) in [6.07, 6.45) is 3.84. The Morgan fingerprint density at radius 1 is 1.26 bits per heavy atom. The zero-order valence-electron chi connectivity index (χ0n) is 11.8. The Hall–Kier alpha value is -1.06. The molecule has 2 saturated heterocycles. The van der Waals surface area contributed by atoms with Crippen LogP contribution in [-0.2, 0) is 6.42 Å². The summed E-state index contributed by atoms with van der Waals surface area (Å²) in [5.74, 6) is 1.84. The minimum absolute atomic E-state index is 0.803. The van der Waals surface area contributed by atoms with Gasteiger partial charge in [-0.25, -0.2) is 0 Å². The lowest BCUT2D eigenvalue weighted by molar-refractivity contribution is 0.164. The fourth-order valence-corrected chi connectivity index (χ4v) is 3.41. The molecule has 0 radical (unpaired) electrons. The summed E-state index contributed by atoms with van der Waals surface area (Å²) in [5, 5.41) is 3.62. The van der Waals surface area contributed by atoms with Crippen molar-refractivity contribution in [3.05, 3.63) is 29.8 Å². The van der Waals surface area contributed by atoms with Crippen molar-refractivity contribution >= 4 is 0 Å². The Morgan fingerprint density at radius 2 is 2.11 bits per heavy atom. The van der Waals surface area contributed by atoms with Gasteiger partial charge >= 0.3 is 0 Å². The molecule has 3 heteroatoms. The van der Waals surface area contributed by atoms with Crippen molar-refractivity contribution in [2.75, 3.05) is 33.3 Å². The van der Waals surface area contributed by atoms with E-state index in [2.05, 4.69) is 34.5 Å². The molecule has 0 bridgehead atoms. The summed E-state index contributed by atoms with van der Waals surface area (Å²) in [6, 6.07) is 9.29. The van der Waals surface area contributed by atoms with Crippen molar-refractivity contribution in [2.45, 2.75) is 25.3 Å². The van der Waals surface area contributed by atoms with Gasteiger partial charge in [0.1, 0.15) is 5.75 Å². The van der Waals surface area contributed by atoms with Gasteiger partial charge in [0, 0.05) is 19.1 Å². The maximum absolute atomic E-state index is 5.19. The Morgan fingerprint density at radius 3 is 2.89 bits per heavy atom. The number of benzene rings is 1. The zero-order chi connectivity index (χ0) is 13.1. The molecule has 2 aliphatic heterocycles. The average Bonchev–Trinajstić information content (AvgIpc) is 2.93. The van der Waals surface area contributed by atoms with E-state index in [1.807, 2.05) is 0 Å². The van der Waals surface area contributed by atoms with Crippen LogP contribution in [0.15, 0.2) is 24.3 Å². The first kappa shape index (κ1) is 12.9. The summed E-state index contributed by atoms with van der Waals surface area (Å²) >= 11 is 0. The molecule has 0 amide bonds. The van der Waals surface area contributed by atoms with Gasteiger partial charge in [-0.1, -0.05) is 12.1 Å². The highest BCUT2D eigenvalue weighted by atomic mass is 16.5. The topological polar surface area (TPSA) is 24.5 Å². The summed E-state index contributed by atoms with van der Waals surface area (Å²) in [7, 11) is 1.72. The second-order valence-corrected chi connectivity index (χ2v) is 5.80. The zero-order valence-corrected chi connectivity index (χ0v) is 11.8. The highest BCUT2D eigenvalue weighted by Gasteiger charge is 2.32. The van der Waals surface area contributed by atoms with Crippen LogP contribution < -0.4 is 10.1 Å². The van der Waals surface area contributed by atoms with Crippen LogP contribution in [0.2, 0.25) is 0 Å². The fraction of sp³-hybridized carbons (Fsp3) is 0.625.